The Labute approximate surface area is 181 Å². The van der Waals surface area contributed by atoms with Gasteiger partial charge < -0.3 is 18.9 Å². The van der Waals surface area contributed by atoms with Gasteiger partial charge in [-0.15, -0.1) is 0 Å². The van der Waals surface area contributed by atoms with E-state index in [2.05, 4.69) is 18.9 Å². The second-order valence-corrected chi connectivity index (χ2v) is 9.27. The summed E-state index contributed by atoms with van der Waals surface area (Å²) in [6.07, 6.45) is 6.69. The van der Waals surface area contributed by atoms with Crippen molar-refractivity contribution in [2.75, 3.05) is 40.1 Å². The van der Waals surface area contributed by atoms with Gasteiger partial charge in [0.2, 0.25) is 0 Å². The van der Waals surface area contributed by atoms with Crippen LogP contribution in [0.1, 0.15) is 65.7 Å². The van der Waals surface area contributed by atoms with Gasteiger partial charge in [0, 0.05) is 25.8 Å². The maximum atomic E-state index is 13.0. The van der Waals surface area contributed by atoms with Gasteiger partial charge in [-0.1, -0.05) is 13.8 Å². The van der Waals surface area contributed by atoms with Crippen molar-refractivity contribution in [2.45, 2.75) is 77.5 Å². The molecule has 0 aromatic rings. The summed E-state index contributed by atoms with van der Waals surface area (Å²) in [7, 11) is 1.75. The third kappa shape index (κ3) is 5.54. The molecule has 3 fully saturated rings. The van der Waals surface area contributed by atoms with Crippen LogP contribution in [0, 0.1) is 17.8 Å². The quantitative estimate of drug-likeness (QED) is 0.416. The second-order valence-electron chi connectivity index (χ2n) is 9.27. The summed E-state index contributed by atoms with van der Waals surface area (Å²) >= 11 is 0. The summed E-state index contributed by atoms with van der Waals surface area (Å²) in [5, 5.41) is 7.31. The fraction of sp³-hybridized carbons (Fsp3) is 0.913. The molecule has 3 aliphatic rings. The monoisotopic (exact) mass is 424 g/mol. The number of carbonyl (C=O) groups is 1. The third-order valence-corrected chi connectivity index (χ3v) is 6.48. The highest BCUT2D eigenvalue weighted by Crippen LogP contribution is 2.46. The van der Waals surface area contributed by atoms with Crippen molar-refractivity contribution in [2.24, 2.45) is 22.9 Å². The molecule has 0 amide bonds. The van der Waals surface area contributed by atoms with Crippen LogP contribution in [0.15, 0.2) is 5.10 Å². The lowest BCUT2D eigenvalue weighted by atomic mass is 9.72. The molecule has 2 heterocycles. The van der Waals surface area contributed by atoms with E-state index in [9.17, 15) is 4.79 Å². The van der Waals surface area contributed by atoms with Gasteiger partial charge in [-0.25, -0.2) is 0 Å². The topological polar surface area (TPSA) is 69.6 Å². The van der Waals surface area contributed by atoms with Gasteiger partial charge in [-0.05, 0) is 57.3 Å². The molecule has 2 saturated heterocycles. The Morgan fingerprint density at radius 3 is 2.67 bits per heavy atom. The minimum absolute atomic E-state index is 0.122. The van der Waals surface area contributed by atoms with E-state index in [1.165, 1.54) is 5.71 Å². The van der Waals surface area contributed by atoms with E-state index in [-0.39, 0.29) is 17.8 Å². The molecule has 1 aliphatic carbocycles. The van der Waals surface area contributed by atoms with E-state index >= 15 is 0 Å². The fourth-order valence-electron chi connectivity index (χ4n) is 5.34. The third-order valence-electron chi connectivity index (χ3n) is 6.48. The summed E-state index contributed by atoms with van der Waals surface area (Å²) in [6, 6.07) is 0.345. The van der Waals surface area contributed by atoms with Crippen LogP contribution in [0.4, 0.5) is 0 Å². The van der Waals surface area contributed by atoms with Gasteiger partial charge in [-0.2, -0.15) is 5.10 Å². The standard InChI is InChI=1S/C23H40N2O5/c1-5-28-22(26)21-18(8-6-10-23(21)29-12-13-30-23)15-19(14-17(2)3)24-25-11-7-9-20(25)16-27-4/h17-18,20-21H,5-16H2,1-4H3/b24-19-/t18-,20+,21+/m1/s1. The average Bonchev–Trinajstić information content (AvgIpc) is 3.32. The van der Waals surface area contributed by atoms with Crippen molar-refractivity contribution in [1.29, 1.82) is 0 Å². The first-order valence-electron chi connectivity index (χ1n) is 11.8. The Kier molecular flexibility index (Phi) is 8.54. The molecule has 0 bridgehead atoms. The Bertz CT molecular complexity index is 588. The van der Waals surface area contributed by atoms with Crippen LogP contribution < -0.4 is 0 Å². The summed E-state index contributed by atoms with van der Waals surface area (Å²) in [6.45, 7) is 9.44. The summed E-state index contributed by atoms with van der Waals surface area (Å²) in [5.74, 6) is -0.767. The van der Waals surface area contributed by atoms with E-state index < -0.39 is 5.79 Å². The second kappa shape index (κ2) is 10.9. The van der Waals surface area contributed by atoms with E-state index in [1.54, 1.807) is 7.11 Å². The van der Waals surface area contributed by atoms with Crippen molar-refractivity contribution in [3.05, 3.63) is 0 Å². The predicted molar refractivity (Wildman–Crippen MR) is 115 cm³/mol. The molecule has 0 unspecified atom stereocenters. The number of nitrogens with zero attached hydrogens (tertiary/aromatic N) is 2. The zero-order valence-electron chi connectivity index (χ0n) is 19.2. The molecule has 172 valence electrons. The van der Waals surface area contributed by atoms with Crippen molar-refractivity contribution in [3.63, 3.8) is 0 Å². The lowest BCUT2D eigenvalue weighted by Crippen LogP contribution is -2.51. The molecule has 3 atom stereocenters. The van der Waals surface area contributed by atoms with Crippen LogP contribution in [0.2, 0.25) is 0 Å². The lowest BCUT2D eigenvalue weighted by molar-refractivity contribution is -0.232. The maximum absolute atomic E-state index is 13.0. The van der Waals surface area contributed by atoms with Crippen molar-refractivity contribution >= 4 is 11.7 Å². The molecule has 0 N–H and O–H groups in total. The molecule has 7 heteroatoms. The van der Waals surface area contributed by atoms with Crippen molar-refractivity contribution < 1.29 is 23.7 Å². The SMILES string of the molecule is CCOC(=O)[C@@H]1[C@@H](C/C(CC(C)C)=N\N2CCC[C@H]2COC)CCCC12OCCO2. The van der Waals surface area contributed by atoms with Gasteiger partial charge in [0.05, 0.1) is 32.5 Å². The number of rotatable bonds is 9. The molecule has 3 rings (SSSR count). The molecule has 1 saturated carbocycles. The van der Waals surface area contributed by atoms with Crippen LogP contribution in [-0.4, -0.2) is 68.6 Å². The Hall–Kier alpha value is -1.18. The molecule has 1 spiro atoms. The zero-order valence-corrected chi connectivity index (χ0v) is 19.2. The number of carbonyl (C=O) groups excluding carboxylic acids is 1. The fourth-order valence-corrected chi connectivity index (χ4v) is 5.34. The number of ether oxygens (including phenoxy) is 4. The Morgan fingerprint density at radius 2 is 2.00 bits per heavy atom. The Morgan fingerprint density at radius 1 is 1.23 bits per heavy atom. The highest BCUT2D eigenvalue weighted by atomic mass is 16.7. The van der Waals surface area contributed by atoms with Crippen molar-refractivity contribution in [3.8, 4) is 0 Å². The minimum atomic E-state index is -0.815. The van der Waals surface area contributed by atoms with Crippen LogP contribution in [0.3, 0.4) is 0 Å². The largest absolute Gasteiger partial charge is 0.466 e. The van der Waals surface area contributed by atoms with Gasteiger partial charge in [0.15, 0.2) is 5.79 Å². The van der Waals surface area contributed by atoms with Gasteiger partial charge in [-0.3, -0.25) is 9.80 Å². The maximum Gasteiger partial charge on any atom is 0.314 e. The highest BCUT2D eigenvalue weighted by molar-refractivity contribution is 5.85. The van der Waals surface area contributed by atoms with Crippen LogP contribution >= 0.6 is 0 Å². The summed E-state index contributed by atoms with van der Waals surface area (Å²) < 4.78 is 23.0. The zero-order chi connectivity index (χ0) is 21.6. The van der Waals surface area contributed by atoms with Gasteiger partial charge in [0.25, 0.3) is 0 Å². The average molecular weight is 425 g/mol. The Balaban J connectivity index is 1.82. The molecule has 30 heavy (non-hydrogen) atoms. The predicted octanol–water partition coefficient (Wildman–Crippen LogP) is 3.61. The van der Waals surface area contributed by atoms with Crippen LogP contribution in [0.25, 0.3) is 0 Å². The van der Waals surface area contributed by atoms with Gasteiger partial charge in [0.1, 0.15) is 5.92 Å². The summed E-state index contributed by atoms with van der Waals surface area (Å²) in [4.78, 5) is 13.0. The van der Waals surface area contributed by atoms with Crippen molar-refractivity contribution in [1.82, 2.24) is 5.01 Å². The van der Waals surface area contributed by atoms with E-state index in [4.69, 9.17) is 24.0 Å². The molecule has 0 aromatic heterocycles. The van der Waals surface area contributed by atoms with Gasteiger partial charge >= 0.3 is 5.97 Å². The smallest absolute Gasteiger partial charge is 0.314 e. The van der Waals surface area contributed by atoms with E-state index in [0.717, 1.165) is 51.5 Å². The minimum Gasteiger partial charge on any atom is -0.466 e. The van der Waals surface area contributed by atoms with Crippen LogP contribution in [0.5, 0.6) is 0 Å². The highest BCUT2D eigenvalue weighted by Gasteiger charge is 2.54. The molecule has 0 radical (unpaired) electrons. The molecule has 0 aromatic carbocycles. The van der Waals surface area contributed by atoms with Crippen LogP contribution in [-0.2, 0) is 23.7 Å². The number of methoxy groups -OCH3 is 1. The normalized spacial score (nSPS) is 29.2. The molecule has 7 nitrogen and oxygen atoms in total. The summed E-state index contributed by atoms with van der Waals surface area (Å²) in [5.41, 5.74) is 1.17. The van der Waals surface area contributed by atoms with E-state index in [1.807, 2.05) is 6.92 Å². The molecule has 2 aliphatic heterocycles. The number of hydrogen-bond acceptors (Lipinski definition) is 7. The first-order valence-corrected chi connectivity index (χ1v) is 11.8. The number of esters is 1. The number of hydrazone groups is 1. The van der Waals surface area contributed by atoms with E-state index in [0.29, 0.717) is 38.4 Å². The first-order chi connectivity index (χ1) is 14.5. The molecular formula is C23H40N2O5. The first kappa shape index (κ1) is 23.5. The molecular weight excluding hydrogens is 384 g/mol. The number of hydrogen-bond donors (Lipinski definition) is 0. The lowest BCUT2D eigenvalue weighted by Gasteiger charge is -2.42.